The van der Waals surface area contributed by atoms with E-state index in [2.05, 4.69) is 21.6 Å². The number of nitrogens with one attached hydrogen (secondary N) is 1. The van der Waals surface area contributed by atoms with Gasteiger partial charge in [-0.15, -0.1) is 4.28 Å². The summed E-state index contributed by atoms with van der Waals surface area (Å²) < 4.78 is 23.6. The molecule has 0 saturated heterocycles. The first kappa shape index (κ1) is 8.56. The van der Waals surface area contributed by atoms with Gasteiger partial charge in [-0.25, -0.2) is 10.6 Å². The lowest BCUT2D eigenvalue weighted by Crippen LogP contribution is -2.34. The van der Waals surface area contributed by atoms with Gasteiger partial charge in [-0.1, -0.05) is 0 Å². The molecule has 0 heterocycles. The molecule has 0 aliphatic rings. The largest absolute Gasteiger partial charge is 0.375 e. The number of thiocarbonyl (C=S) groups is 1. The molecule has 0 amide bonds. The molecule has 0 rings (SSSR count). The topological polar surface area (TPSA) is 107 Å². The van der Waals surface area contributed by atoms with Crippen molar-refractivity contribution in [3.05, 3.63) is 0 Å². The van der Waals surface area contributed by atoms with Crippen molar-refractivity contribution in [2.24, 2.45) is 10.9 Å². The normalized spacial score (nSPS) is 10.8. The molecule has 5 N–H and O–H groups in total. The first-order valence-corrected chi connectivity index (χ1v) is 3.56. The number of rotatable bonds is 2. The molecule has 0 aromatic rings. The van der Waals surface area contributed by atoms with E-state index in [9.17, 15) is 8.42 Å². The molecule has 6 nitrogen and oxygen atoms in total. The molecule has 0 atom stereocenters. The van der Waals surface area contributed by atoms with Crippen LogP contribution in [0.1, 0.15) is 0 Å². The van der Waals surface area contributed by atoms with Gasteiger partial charge in [0.25, 0.3) is 0 Å². The Bertz CT molecular complexity index is 195. The standard InChI is InChI=1S/CH5N3O3S2/c2-1(8)4-7-9(3,5)6/h(H3,2,4,8)(H2,3,5,6). The van der Waals surface area contributed by atoms with Crippen LogP contribution in [-0.4, -0.2) is 13.5 Å². The van der Waals surface area contributed by atoms with Gasteiger partial charge in [-0.2, -0.15) is 8.42 Å². The molecule has 8 heteroatoms. The average molecular weight is 171 g/mol. The molecule has 0 unspecified atom stereocenters. The zero-order chi connectivity index (χ0) is 7.49. The second-order valence-electron chi connectivity index (χ2n) is 1.04. The Hall–Kier alpha value is -0.440. The van der Waals surface area contributed by atoms with Crippen LogP contribution < -0.4 is 16.4 Å². The zero-order valence-corrected chi connectivity index (χ0v) is 5.83. The fourth-order valence-corrected chi connectivity index (χ4v) is 0.399. The summed E-state index contributed by atoms with van der Waals surface area (Å²) >= 11 is 4.19. The number of hydrogen-bond donors (Lipinski definition) is 3. The first-order chi connectivity index (χ1) is 3.92. The predicted octanol–water partition coefficient (Wildman–Crippen LogP) is -2.05. The van der Waals surface area contributed by atoms with Crippen LogP contribution in [0, 0.1) is 0 Å². The highest BCUT2D eigenvalue weighted by atomic mass is 32.2. The van der Waals surface area contributed by atoms with E-state index in [0.717, 1.165) is 0 Å². The third kappa shape index (κ3) is 7.56. The molecule has 0 saturated carbocycles. The lowest BCUT2D eigenvalue weighted by molar-refractivity contribution is 0.269. The lowest BCUT2D eigenvalue weighted by atomic mass is 11.2. The number of hydrogen-bond acceptors (Lipinski definition) is 4. The van der Waals surface area contributed by atoms with Crippen molar-refractivity contribution >= 4 is 27.6 Å². The molecule has 0 aliphatic heterocycles. The van der Waals surface area contributed by atoms with Crippen LogP contribution in [0.2, 0.25) is 0 Å². The Labute approximate surface area is 57.4 Å². The van der Waals surface area contributed by atoms with E-state index >= 15 is 0 Å². The van der Waals surface area contributed by atoms with Gasteiger partial charge in [0.1, 0.15) is 0 Å². The second kappa shape index (κ2) is 2.92. The van der Waals surface area contributed by atoms with Gasteiger partial charge >= 0.3 is 10.3 Å². The van der Waals surface area contributed by atoms with E-state index in [1.165, 1.54) is 0 Å². The van der Waals surface area contributed by atoms with E-state index in [1.54, 1.807) is 5.48 Å². The summed E-state index contributed by atoms with van der Waals surface area (Å²) in [5.41, 5.74) is 6.46. The molecule has 0 radical (unpaired) electrons. The molecule has 54 valence electrons. The van der Waals surface area contributed by atoms with Crippen molar-refractivity contribution in [1.82, 2.24) is 5.48 Å². The summed E-state index contributed by atoms with van der Waals surface area (Å²) in [7, 11) is -4.00. The van der Waals surface area contributed by atoms with E-state index in [4.69, 9.17) is 5.73 Å². The van der Waals surface area contributed by atoms with E-state index in [1.807, 2.05) is 0 Å². The van der Waals surface area contributed by atoms with Crippen LogP contribution in [0.5, 0.6) is 0 Å². The lowest BCUT2D eigenvalue weighted by Gasteiger charge is -1.98. The van der Waals surface area contributed by atoms with Crippen LogP contribution >= 0.6 is 12.2 Å². The van der Waals surface area contributed by atoms with Crippen LogP contribution in [-0.2, 0) is 14.6 Å². The third-order valence-corrected chi connectivity index (χ3v) is 0.657. The minimum absolute atomic E-state index is 0.302. The van der Waals surface area contributed by atoms with Gasteiger partial charge in [0.2, 0.25) is 0 Å². The van der Waals surface area contributed by atoms with Crippen molar-refractivity contribution in [2.45, 2.75) is 0 Å². The molecule has 9 heavy (non-hydrogen) atoms. The van der Waals surface area contributed by atoms with Crippen LogP contribution in [0.4, 0.5) is 0 Å². The summed E-state index contributed by atoms with van der Waals surface area (Å²) in [6, 6.07) is 0. The summed E-state index contributed by atoms with van der Waals surface area (Å²) in [5, 5.41) is 4.05. The SMILES string of the molecule is NC(=S)NOS(N)(=O)=O. The molecule has 0 fully saturated rings. The number of hydroxylamine groups is 1. The Kier molecular flexibility index (Phi) is 2.77. The Morgan fingerprint density at radius 2 is 2.11 bits per heavy atom. The predicted molar refractivity (Wildman–Crippen MR) is 34.1 cm³/mol. The van der Waals surface area contributed by atoms with Crippen LogP contribution in [0.3, 0.4) is 0 Å². The van der Waals surface area contributed by atoms with Gasteiger partial charge < -0.3 is 5.73 Å². The maximum absolute atomic E-state index is 9.91. The number of nitrogens with two attached hydrogens (primary N) is 2. The molecule has 0 aromatic heterocycles. The fraction of sp³-hybridized carbons (Fsp3) is 0. The average Bonchev–Trinajstić information content (AvgIpc) is 1.59. The van der Waals surface area contributed by atoms with Gasteiger partial charge in [0.05, 0.1) is 0 Å². The fourth-order valence-electron chi connectivity index (χ4n) is 0.0991. The maximum atomic E-state index is 9.91. The minimum Gasteiger partial charge on any atom is -0.375 e. The summed E-state index contributed by atoms with van der Waals surface area (Å²) in [4.78, 5) is 0. The van der Waals surface area contributed by atoms with Gasteiger partial charge in [-0.05, 0) is 12.2 Å². The highest BCUT2D eigenvalue weighted by Crippen LogP contribution is 1.72. The van der Waals surface area contributed by atoms with Crippen molar-refractivity contribution in [1.29, 1.82) is 0 Å². The highest BCUT2D eigenvalue weighted by molar-refractivity contribution is 7.84. The van der Waals surface area contributed by atoms with Crippen LogP contribution in [0.15, 0.2) is 0 Å². The second-order valence-corrected chi connectivity index (χ2v) is 2.63. The highest BCUT2D eigenvalue weighted by Gasteiger charge is 2.00. The Balaban J connectivity index is 3.67. The Morgan fingerprint density at radius 1 is 1.67 bits per heavy atom. The van der Waals surface area contributed by atoms with Crippen molar-refractivity contribution in [3.8, 4) is 0 Å². The molecular formula is CH5N3O3S2. The first-order valence-electron chi connectivity index (χ1n) is 1.68. The minimum atomic E-state index is -4.00. The van der Waals surface area contributed by atoms with Crippen molar-refractivity contribution in [3.63, 3.8) is 0 Å². The van der Waals surface area contributed by atoms with Crippen molar-refractivity contribution in [2.75, 3.05) is 0 Å². The smallest absolute Gasteiger partial charge is 0.354 e. The third-order valence-electron chi connectivity index (χ3n) is 0.258. The Morgan fingerprint density at radius 3 is 2.22 bits per heavy atom. The molecule has 0 aliphatic carbocycles. The van der Waals surface area contributed by atoms with E-state index < -0.39 is 10.3 Å². The molecule has 0 aromatic carbocycles. The quantitative estimate of drug-likeness (QED) is 0.326. The van der Waals surface area contributed by atoms with Gasteiger partial charge in [0.15, 0.2) is 5.11 Å². The van der Waals surface area contributed by atoms with Crippen molar-refractivity contribution < 1.29 is 12.7 Å². The van der Waals surface area contributed by atoms with E-state index in [-0.39, 0.29) is 5.11 Å². The van der Waals surface area contributed by atoms with Crippen LogP contribution in [0.25, 0.3) is 0 Å². The van der Waals surface area contributed by atoms with Gasteiger partial charge in [0, 0.05) is 0 Å². The van der Waals surface area contributed by atoms with Gasteiger partial charge in [-0.3, -0.25) is 0 Å². The summed E-state index contributed by atoms with van der Waals surface area (Å²) in [5.74, 6) is 0. The molecule has 0 bridgehead atoms. The monoisotopic (exact) mass is 171 g/mol. The zero-order valence-electron chi connectivity index (χ0n) is 4.20. The maximum Gasteiger partial charge on any atom is 0.354 e. The molecular weight excluding hydrogens is 166 g/mol. The summed E-state index contributed by atoms with van der Waals surface area (Å²) in [6.07, 6.45) is 0. The summed E-state index contributed by atoms with van der Waals surface area (Å²) in [6.45, 7) is 0. The van der Waals surface area contributed by atoms with E-state index in [0.29, 0.717) is 0 Å². The molecule has 0 spiro atoms.